The summed E-state index contributed by atoms with van der Waals surface area (Å²) in [7, 11) is 2.97. The monoisotopic (exact) mass is 549 g/mol. The summed E-state index contributed by atoms with van der Waals surface area (Å²) in [5.74, 6) is -0.530. The molecule has 0 radical (unpaired) electrons. The number of nitro groups is 1. The normalized spacial score (nSPS) is 13.0. The SMILES string of the molecule is COc1ccc(C(=O)N(CCC(=O)O)Cc2cccc(-c3ccc(N4CCOCC4)c([N+](=O)[O-])c3)c2)cc1OC. The molecule has 1 heterocycles. The van der Waals surface area contributed by atoms with Crippen LogP contribution in [0.1, 0.15) is 22.3 Å². The number of carboxylic acid groups (broad SMARTS) is 1. The number of nitrogens with zero attached hydrogens (tertiary/aromatic N) is 3. The molecule has 0 aliphatic carbocycles. The van der Waals surface area contributed by atoms with E-state index < -0.39 is 5.97 Å². The van der Waals surface area contributed by atoms with Gasteiger partial charge in [0.15, 0.2) is 11.5 Å². The number of hydrogen-bond acceptors (Lipinski definition) is 8. The average molecular weight is 550 g/mol. The topological polar surface area (TPSA) is 132 Å². The highest BCUT2D eigenvalue weighted by Crippen LogP contribution is 2.34. The third-order valence-electron chi connectivity index (χ3n) is 6.67. The van der Waals surface area contributed by atoms with Crippen LogP contribution in [0.25, 0.3) is 11.1 Å². The summed E-state index contributed by atoms with van der Waals surface area (Å²) in [5.41, 5.74) is 3.04. The van der Waals surface area contributed by atoms with Gasteiger partial charge < -0.3 is 29.1 Å². The fraction of sp³-hybridized carbons (Fsp3) is 0.310. The number of carbonyl (C=O) groups is 2. The number of methoxy groups -OCH3 is 2. The molecule has 4 rings (SSSR count). The van der Waals surface area contributed by atoms with Gasteiger partial charge in [0, 0.05) is 37.8 Å². The molecule has 210 valence electrons. The summed E-state index contributed by atoms with van der Waals surface area (Å²) in [6.45, 7) is 2.32. The average Bonchev–Trinajstić information content (AvgIpc) is 2.98. The Morgan fingerprint density at radius 3 is 2.40 bits per heavy atom. The molecule has 0 aromatic heterocycles. The van der Waals surface area contributed by atoms with E-state index in [1.165, 1.54) is 19.1 Å². The van der Waals surface area contributed by atoms with Crippen LogP contribution in [-0.4, -0.2) is 73.9 Å². The number of benzene rings is 3. The number of hydrogen-bond donors (Lipinski definition) is 1. The van der Waals surface area contributed by atoms with Crippen molar-refractivity contribution in [2.45, 2.75) is 13.0 Å². The molecule has 1 saturated heterocycles. The molecule has 0 unspecified atom stereocenters. The van der Waals surface area contributed by atoms with Crippen molar-refractivity contribution in [1.29, 1.82) is 0 Å². The van der Waals surface area contributed by atoms with Gasteiger partial charge in [-0.15, -0.1) is 0 Å². The number of nitro benzene ring substituents is 1. The largest absolute Gasteiger partial charge is 0.493 e. The maximum atomic E-state index is 13.4. The first-order chi connectivity index (χ1) is 19.3. The zero-order chi connectivity index (χ0) is 28.6. The Morgan fingerprint density at radius 1 is 1.00 bits per heavy atom. The first-order valence-electron chi connectivity index (χ1n) is 12.7. The summed E-state index contributed by atoms with van der Waals surface area (Å²) in [5, 5.41) is 21.2. The Hall–Kier alpha value is -4.64. The van der Waals surface area contributed by atoms with Crippen LogP contribution in [0.3, 0.4) is 0 Å². The highest BCUT2D eigenvalue weighted by atomic mass is 16.6. The lowest BCUT2D eigenvalue weighted by molar-refractivity contribution is -0.384. The van der Waals surface area contributed by atoms with E-state index in [2.05, 4.69) is 0 Å². The van der Waals surface area contributed by atoms with Gasteiger partial charge in [-0.3, -0.25) is 19.7 Å². The second-order valence-electron chi connectivity index (χ2n) is 9.20. The van der Waals surface area contributed by atoms with Gasteiger partial charge in [-0.25, -0.2) is 0 Å². The van der Waals surface area contributed by atoms with Crippen LogP contribution < -0.4 is 14.4 Å². The van der Waals surface area contributed by atoms with E-state index in [1.54, 1.807) is 30.3 Å². The van der Waals surface area contributed by atoms with Gasteiger partial charge in [0.05, 0.1) is 38.8 Å². The molecule has 1 fully saturated rings. The van der Waals surface area contributed by atoms with E-state index in [0.29, 0.717) is 54.6 Å². The molecule has 3 aromatic carbocycles. The lowest BCUT2D eigenvalue weighted by Gasteiger charge is -2.28. The van der Waals surface area contributed by atoms with Crippen LogP contribution in [0.4, 0.5) is 11.4 Å². The Kier molecular flexibility index (Phi) is 9.18. The summed E-state index contributed by atoms with van der Waals surface area (Å²) in [4.78, 5) is 39.7. The number of aliphatic carboxylic acids is 1. The smallest absolute Gasteiger partial charge is 0.305 e. The Balaban J connectivity index is 1.61. The van der Waals surface area contributed by atoms with E-state index in [0.717, 1.165) is 11.1 Å². The molecular formula is C29H31N3O8. The standard InChI is InChI=1S/C29H31N3O8/c1-38-26-9-7-23(18-27(26)39-2)29(35)31(11-10-28(33)34)19-20-4-3-5-21(16-20)22-6-8-24(25(17-22)32(36)37)30-12-14-40-15-13-30/h3-9,16-18H,10-15,19H2,1-2H3,(H,33,34). The number of amides is 1. The highest BCUT2D eigenvalue weighted by molar-refractivity contribution is 5.95. The van der Waals surface area contributed by atoms with Gasteiger partial charge in [0.25, 0.3) is 11.6 Å². The molecule has 3 aromatic rings. The van der Waals surface area contributed by atoms with Crippen molar-refractivity contribution in [1.82, 2.24) is 4.90 Å². The summed E-state index contributed by atoms with van der Waals surface area (Å²) in [6.07, 6.45) is -0.228. The van der Waals surface area contributed by atoms with Crippen LogP contribution >= 0.6 is 0 Å². The molecule has 0 spiro atoms. The fourth-order valence-corrected chi connectivity index (χ4v) is 4.63. The molecule has 11 heteroatoms. The number of ether oxygens (including phenoxy) is 3. The van der Waals surface area contributed by atoms with Gasteiger partial charge in [0.2, 0.25) is 0 Å². The first kappa shape index (κ1) is 28.4. The number of anilines is 1. The third-order valence-corrected chi connectivity index (χ3v) is 6.67. The Bertz CT molecular complexity index is 1390. The lowest BCUT2D eigenvalue weighted by Crippen LogP contribution is -2.36. The van der Waals surface area contributed by atoms with Crippen molar-refractivity contribution < 1.29 is 33.8 Å². The van der Waals surface area contributed by atoms with E-state index >= 15 is 0 Å². The van der Waals surface area contributed by atoms with Crippen molar-refractivity contribution in [3.05, 3.63) is 81.9 Å². The summed E-state index contributed by atoms with van der Waals surface area (Å²) in [6, 6.07) is 17.3. The van der Waals surface area contributed by atoms with Crippen molar-refractivity contribution >= 4 is 23.3 Å². The van der Waals surface area contributed by atoms with Crippen molar-refractivity contribution in [2.24, 2.45) is 0 Å². The Morgan fingerprint density at radius 2 is 1.73 bits per heavy atom. The van der Waals surface area contributed by atoms with Crippen molar-refractivity contribution in [2.75, 3.05) is 52.0 Å². The minimum atomic E-state index is -1.02. The van der Waals surface area contributed by atoms with Gasteiger partial charge >= 0.3 is 5.97 Å². The zero-order valence-corrected chi connectivity index (χ0v) is 22.4. The van der Waals surface area contributed by atoms with E-state index in [1.807, 2.05) is 35.2 Å². The third kappa shape index (κ3) is 6.67. The van der Waals surface area contributed by atoms with Crippen LogP contribution in [-0.2, 0) is 16.1 Å². The maximum Gasteiger partial charge on any atom is 0.305 e. The van der Waals surface area contributed by atoms with Crippen LogP contribution in [0.2, 0.25) is 0 Å². The molecule has 0 saturated carbocycles. The highest BCUT2D eigenvalue weighted by Gasteiger charge is 2.23. The van der Waals surface area contributed by atoms with E-state index in [4.69, 9.17) is 14.2 Å². The maximum absolute atomic E-state index is 13.4. The van der Waals surface area contributed by atoms with E-state index in [-0.39, 0.29) is 36.0 Å². The van der Waals surface area contributed by atoms with E-state index in [9.17, 15) is 24.8 Å². The lowest BCUT2D eigenvalue weighted by atomic mass is 10.0. The molecule has 1 N–H and O–H groups in total. The van der Waals surface area contributed by atoms with Gasteiger partial charge in [0.1, 0.15) is 5.69 Å². The molecule has 1 aliphatic rings. The molecule has 1 amide bonds. The van der Waals surface area contributed by atoms with Crippen LogP contribution in [0.5, 0.6) is 11.5 Å². The van der Waals surface area contributed by atoms with Crippen LogP contribution in [0, 0.1) is 10.1 Å². The van der Waals surface area contributed by atoms with Crippen molar-refractivity contribution in [3.63, 3.8) is 0 Å². The second-order valence-corrected chi connectivity index (χ2v) is 9.20. The number of morpholine rings is 1. The van der Waals surface area contributed by atoms with Gasteiger partial charge in [-0.2, -0.15) is 0 Å². The minimum absolute atomic E-state index is 0.00748. The second kappa shape index (κ2) is 12.9. The summed E-state index contributed by atoms with van der Waals surface area (Å²) < 4.78 is 15.9. The predicted molar refractivity (Wildman–Crippen MR) is 148 cm³/mol. The fourth-order valence-electron chi connectivity index (χ4n) is 4.63. The number of carboxylic acids is 1. The number of carbonyl (C=O) groups excluding carboxylic acids is 1. The quantitative estimate of drug-likeness (QED) is 0.276. The molecule has 0 bridgehead atoms. The molecule has 40 heavy (non-hydrogen) atoms. The minimum Gasteiger partial charge on any atom is -0.493 e. The molecule has 1 aliphatic heterocycles. The molecule has 0 atom stereocenters. The van der Waals surface area contributed by atoms with Gasteiger partial charge in [-0.1, -0.05) is 24.3 Å². The predicted octanol–water partition coefficient (Wildman–Crippen LogP) is 4.23. The van der Waals surface area contributed by atoms with Crippen molar-refractivity contribution in [3.8, 4) is 22.6 Å². The zero-order valence-electron chi connectivity index (χ0n) is 22.4. The number of rotatable bonds is 11. The first-order valence-corrected chi connectivity index (χ1v) is 12.7. The molecule has 11 nitrogen and oxygen atoms in total. The summed E-state index contributed by atoms with van der Waals surface area (Å²) >= 11 is 0. The van der Waals surface area contributed by atoms with Gasteiger partial charge in [-0.05, 0) is 47.0 Å². The molecular weight excluding hydrogens is 518 g/mol. The van der Waals surface area contributed by atoms with Crippen LogP contribution in [0.15, 0.2) is 60.7 Å². The Labute approximate surface area is 231 Å².